The van der Waals surface area contributed by atoms with Crippen molar-refractivity contribution < 1.29 is 9.84 Å². The van der Waals surface area contributed by atoms with Crippen LogP contribution in [0, 0.1) is 0 Å². The van der Waals surface area contributed by atoms with Crippen LogP contribution in [-0.4, -0.2) is 21.7 Å². The molecule has 6 heteroatoms. The third-order valence-corrected chi connectivity index (χ3v) is 5.18. The fourth-order valence-corrected chi connectivity index (χ4v) is 3.74. The molecular weight excluding hydrogens is 348 g/mol. The van der Waals surface area contributed by atoms with Crippen LogP contribution in [0.25, 0.3) is 10.9 Å². The summed E-state index contributed by atoms with van der Waals surface area (Å²) in [5.41, 5.74) is 3.40. The molecule has 5 nitrogen and oxygen atoms in total. The maximum absolute atomic E-state index is 11.2. The molecule has 2 heterocycles. The van der Waals surface area contributed by atoms with Gasteiger partial charge in [-0.15, -0.1) is 0 Å². The van der Waals surface area contributed by atoms with Crippen LogP contribution in [-0.2, 0) is 12.8 Å². The van der Waals surface area contributed by atoms with Gasteiger partial charge in [0, 0.05) is 29.9 Å². The molecule has 0 radical (unpaired) electrons. The van der Waals surface area contributed by atoms with Crippen LogP contribution in [0.4, 0.5) is 0 Å². The van der Waals surface area contributed by atoms with Crippen molar-refractivity contribution in [3.05, 3.63) is 80.4 Å². The Labute approximate surface area is 153 Å². The second-order valence-corrected chi connectivity index (χ2v) is 7.13. The van der Waals surface area contributed by atoms with E-state index in [2.05, 4.69) is 22.1 Å². The summed E-state index contributed by atoms with van der Waals surface area (Å²) in [6.45, 7) is 0.599. The average molecular weight is 366 g/mol. The first kappa shape index (κ1) is 16.5. The summed E-state index contributed by atoms with van der Waals surface area (Å²) < 4.78 is 5.84. The smallest absolute Gasteiger partial charge is 0.307 e. The predicted octanol–water partition coefficient (Wildman–Crippen LogP) is 3.84. The summed E-state index contributed by atoms with van der Waals surface area (Å²) in [7, 11) is 0. The van der Waals surface area contributed by atoms with Crippen molar-refractivity contribution in [3.8, 4) is 11.6 Å². The van der Waals surface area contributed by atoms with E-state index in [0.29, 0.717) is 17.9 Å². The molecule has 0 unspecified atom stereocenters. The van der Waals surface area contributed by atoms with Crippen LogP contribution in [0.15, 0.2) is 59.5 Å². The van der Waals surface area contributed by atoms with Gasteiger partial charge in [0.15, 0.2) is 0 Å². The molecule has 0 spiro atoms. The van der Waals surface area contributed by atoms with Crippen molar-refractivity contribution in [2.24, 2.45) is 0 Å². The monoisotopic (exact) mass is 366 g/mol. The molecule has 0 saturated heterocycles. The minimum Gasteiger partial charge on any atom is -0.494 e. The molecule has 2 aromatic carbocycles. The van der Waals surface area contributed by atoms with Gasteiger partial charge in [0.25, 0.3) is 0 Å². The van der Waals surface area contributed by atoms with E-state index in [1.165, 1.54) is 10.9 Å². The first-order valence-electron chi connectivity index (χ1n) is 8.37. The lowest BCUT2D eigenvalue weighted by Crippen LogP contribution is -2.01. The van der Waals surface area contributed by atoms with Crippen molar-refractivity contribution in [1.29, 1.82) is 0 Å². The number of hydrogen-bond acceptors (Lipinski definition) is 4. The van der Waals surface area contributed by atoms with E-state index in [4.69, 9.17) is 4.74 Å². The molecule has 0 bridgehead atoms. The molecule has 0 atom stereocenters. The number of aromatic hydroxyl groups is 1. The minimum absolute atomic E-state index is 0.0425. The number of aromatic nitrogens is 2. The van der Waals surface area contributed by atoms with Crippen molar-refractivity contribution in [2.75, 3.05) is 6.61 Å². The summed E-state index contributed by atoms with van der Waals surface area (Å²) in [5.74, 6) is 0.763. The highest BCUT2D eigenvalue weighted by atomic mass is 32.1. The number of benzene rings is 2. The summed E-state index contributed by atoms with van der Waals surface area (Å²) in [5, 5.41) is 10.9. The van der Waals surface area contributed by atoms with Gasteiger partial charge in [-0.3, -0.25) is 9.78 Å². The first-order chi connectivity index (χ1) is 12.7. The molecule has 0 aliphatic rings. The zero-order chi connectivity index (χ0) is 17.9. The maximum Gasteiger partial charge on any atom is 0.307 e. The van der Waals surface area contributed by atoms with Gasteiger partial charge < -0.3 is 14.8 Å². The second kappa shape index (κ2) is 7.09. The van der Waals surface area contributed by atoms with E-state index < -0.39 is 0 Å². The Balaban J connectivity index is 1.35. The summed E-state index contributed by atoms with van der Waals surface area (Å²) in [6.07, 6.45) is 3.38. The molecule has 2 aromatic heterocycles. The van der Waals surface area contributed by atoms with Crippen molar-refractivity contribution in [1.82, 2.24) is 9.97 Å². The number of ether oxygens (including phenoxy) is 1. The van der Waals surface area contributed by atoms with Gasteiger partial charge in [0.05, 0.1) is 11.5 Å². The number of aromatic amines is 2. The average Bonchev–Trinajstić information content (AvgIpc) is 3.19. The number of hydrogen-bond donors (Lipinski definition) is 3. The largest absolute Gasteiger partial charge is 0.494 e. The molecule has 26 heavy (non-hydrogen) atoms. The highest BCUT2D eigenvalue weighted by Crippen LogP contribution is 2.22. The second-order valence-electron chi connectivity index (χ2n) is 6.06. The standard InChI is InChI=1S/C20H18N2O3S/c23-19-18(26-20(24)22-19)11-13-5-7-15(8-6-13)25-10-9-14-12-21-17-4-2-1-3-16(14)17/h1-8,12,21,23H,9-11H2,(H,22,24). The fourth-order valence-electron chi connectivity index (χ4n) is 2.98. The Morgan fingerprint density at radius 1 is 1.08 bits per heavy atom. The van der Waals surface area contributed by atoms with Crippen molar-refractivity contribution in [2.45, 2.75) is 12.8 Å². The van der Waals surface area contributed by atoms with Crippen molar-refractivity contribution in [3.63, 3.8) is 0 Å². The lowest BCUT2D eigenvalue weighted by atomic mass is 10.1. The van der Waals surface area contributed by atoms with E-state index in [1.54, 1.807) is 0 Å². The van der Waals surface area contributed by atoms with E-state index >= 15 is 0 Å². The van der Waals surface area contributed by atoms with Crippen LogP contribution in [0.2, 0.25) is 0 Å². The maximum atomic E-state index is 11.2. The molecule has 0 aliphatic carbocycles. The van der Waals surface area contributed by atoms with Gasteiger partial charge in [0.1, 0.15) is 5.75 Å². The first-order valence-corrected chi connectivity index (χ1v) is 9.18. The number of H-pyrrole nitrogens is 2. The lowest BCUT2D eigenvalue weighted by Gasteiger charge is -2.07. The van der Waals surface area contributed by atoms with Crippen LogP contribution < -0.4 is 9.61 Å². The molecule has 0 saturated carbocycles. The molecule has 0 amide bonds. The normalized spacial score (nSPS) is 11.1. The zero-order valence-electron chi connectivity index (χ0n) is 14.0. The molecule has 4 aromatic rings. The molecule has 132 valence electrons. The number of fused-ring (bicyclic) bond motifs is 1. The molecule has 4 rings (SSSR count). The van der Waals surface area contributed by atoms with Gasteiger partial charge in [-0.2, -0.15) is 0 Å². The SMILES string of the molecule is O=c1[nH]c(O)c(Cc2ccc(OCCc3c[nH]c4ccccc34)cc2)s1. The van der Waals surface area contributed by atoms with E-state index in [0.717, 1.165) is 34.6 Å². The zero-order valence-corrected chi connectivity index (χ0v) is 14.8. The molecule has 0 aliphatic heterocycles. The number of para-hydroxylation sites is 1. The van der Waals surface area contributed by atoms with Gasteiger partial charge >= 0.3 is 4.87 Å². The molecular formula is C20H18N2O3S. The van der Waals surface area contributed by atoms with E-state index in [1.807, 2.05) is 42.6 Å². The number of rotatable bonds is 6. The van der Waals surface area contributed by atoms with Gasteiger partial charge in [-0.05, 0) is 29.3 Å². The Hall–Kier alpha value is -2.99. The summed E-state index contributed by atoms with van der Waals surface area (Å²) in [4.78, 5) is 17.3. The Bertz CT molecular complexity index is 1080. The number of thiazole rings is 1. The number of nitrogens with one attached hydrogen (secondary N) is 2. The Morgan fingerprint density at radius 3 is 2.65 bits per heavy atom. The summed E-state index contributed by atoms with van der Waals surface area (Å²) in [6, 6.07) is 16.0. The van der Waals surface area contributed by atoms with Crippen molar-refractivity contribution >= 4 is 22.2 Å². The van der Waals surface area contributed by atoms with Crippen LogP contribution >= 0.6 is 11.3 Å². The highest BCUT2D eigenvalue weighted by molar-refractivity contribution is 7.09. The molecule has 3 N–H and O–H groups in total. The third kappa shape index (κ3) is 3.50. The van der Waals surface area contributed by atoms with Gasteiger partial charge in [-0.1, -0.05) is 41.7 Å². The highest BCUT2D eigenvalue weighted by Gasteiger charge is 2.08. The topological polar surface area (TPSA) is 78.1 Å². The van der Waals surface area contributed by atoms with E-state index in [9.17, 15) is 9.90 Å². The minimum atomic E-state index is -0.241. The van der Waals surface area contributed by atoms with Gasteiger partial charge in [-0.25, -0.2) is 0 Å². The predicted molar refractivity (Wildman–Crippen MR) is 103 cm³/mol. The van der Waals surface area contributed by atoms with E-state index in [-0.39, 0.29) is 10.8 Å². The Morgan fingerprint density at radius 2 is 1.88 bits per heavy atom. The van der Waals surface area contributed by atoms with Crippen LogP contribution in [0.1, 0.15) is 16.0 Å². The van der Waals surface area contributed by atoms with Crippen LogP contribution in [0.3, 0.4) is 0 Å². The third-order valence-electron chi connectivity index (χ3n) is 4.30. The lowest BCUT2D eigenvalue weighted by molar-refractivity contribution is 0.322. The fraction of sp³-hybridized carbons (Fsp3) is 0.150. The molecule has 0 fully saturated rings. The Kier molecular flexibility index (Phi) is 4.50. The van der Waals surface area contributed by atoms with Gasteiger partial charge in [0.2, 0.25) is 5.88 Å². The summed E-state index contributed by atoms with van der Waals surface area (Å²) >= 11 is 1.03. The van der Waals surface area contributed by atoms with Crippen LogP contribution in [0.5, 0.6) is 11.6 Å². The quantitative estimate of drug-likeness (QED) is 0.485.